The molecule has 0 aliphatic rings. The topological polar surface area (TPSA) is 184 Å². The number of aliphatic hydroxyl groups excluding tert-OH is 1. The molecule has 0 bridgehead atoms. The highest BCUT2D eigenvalue weighted by molar-refractivity contribution is 5.87. The zero-order valence-corrected chi connectivity index (χ0v) is 28.7. The summed E-state index contributed by atoms with van der Waals surface area (Å²) in [6, 6.07) is 23.5. The zero-order chi connectivity index (χ0) is 37.2. The summed E-state index contributed by atoms with van der Waals surface area (Å²) in [6.07, 6.45) is 0.951. The van der Waals surface area contributed by atoms with E-state index in [0.717, 1.165) is 16.6 Å². The average Bonchev–Trinajstić information content (AvgIpc) is 3.77. The van der Waals surface area contributed by atoms with Crippen LogP contribution in [0.2, 0.25) is 0 Å². The first kappa shape index (κ1) is 36.7. The number of rotatable bonds is 13. The lowest BCUT2D eigenvalue weighted by molar-refractivity contribution is -0.150. The molecule has 0 fully saturated rings. The van der Waals surface area contributed by atoms with E-state index in [1.807, 2.05) is 67.6 Å². The lowest BCUT2D eigenvalue weighted by Gasteiger charge is -2.12. The van der Waals surface area contributed by atoms with Crippen molar-refractivity contribution in [1.29, 1.82) is 0 Å². The third-order valence-corrected chi connectivity index (χ3v) is 7.42. The Bertz CT molecular complexity index is 2160. The zero-order valence-electron chi connectivity index (χ0n) is 28.7. The Kier molecular flexibility index (Phi) is 11.9. The molecule has 0 amide bonds. The Balaban J connectivity index is 0.000000231. The summed E-state index contributed by atoms with van der Waals surface area (Å²) < 4.78 is 15.3. The van der Waals surface area contributed by atoms with Crippen molar-refractivity contribution >= 4 is 40.1 Å². The van der Waals surface area contributed by atoms with Crippen LogP contribution in [0.1, 0.15) is 30.9 Å². The number of phenolic OH excluding ortho intramolecular Hbond substituents is 2. The van der Waals surface area contributed by atoms with Crippen molar-refractivity contribution in [3.63, 3.8) is 0 Å². The molecule has 2 heterocycles. The van der Waals surface area contributed by atoms with Crippen molar-refractivity contribution in [2.75, 3.05) is 19.8 Å². The molecule has 14 heteroatoms. The third-order valence-electron chi connectivity index (χ3n) is 7.42. The monoisotopic (exact) mass is 706 g/mol. The van der Waals surface area contributed by atoms with E-state index in [-0.39, 0.29) is 43.3 Å². The molecule has 3 N–H and O–H groups in total. The van der Waals surface area contributed by atoms with Crippen molar-refractivity contribution < 1.29 is 39.1 Å². The number of hydrogen-bond donors (Lipinski definition) is 3. The summed E-state index contributed by atoms with van der Waals surface area (Å²) in [5, 5.41) is 47.6. The molecule has 0 saturated carbocycles. The lowest BCUT2D eigenvalue weighted by Crippen LogP contribution is -2.25. The van der Waals surface area contributed by atoms with Crippen LogP contribution in [0.3, 0.4) is 0 Å². The van der Waals surface area contributed by atoms with Gasteiger partial charge in [0.2, 0.25) is 0 Å². The van der Waals surface area contributed by atoms with Gasteiger partial charge in [-0.1, -0.05) is 43.5 Å². The van der Waals surface area contributed by atoms with Crippen LogP contribution in [0.5, 0.6) is 17.2 Å². The second-order valence-electron chi connectivity index (χ2n) is 11.7. The van der Waals surface area contributed by atoms with E-state index in [1.54, 1.807) is 18.2 Å². The molecule has 6 aromatic rings. The maximum Gasteiger partial charge on any atom is 0.333 e. The van der Waals surface area contributed by atoms with E-state index in [1.165, 1.54) is 22.6 Å². The normalized spacial score (nSPS) is 11.4. The summed E-state index contributed by atoms with van der Waals surface area (Å²) in [5.74, 6) is -0.615. The number of phenols is 2. The van der Waals surface area contributed by atoms with Gasteiger partial charge >= 0.3 is 11.9 Å². The predicted molar refractivity (Wildman–Crippen MR) is 193 cm³/mol. The molecular weight excluding hydrogens is 668 g/mol. The Labute approximate surface area is 298 Å². The summed E-state index contributed by atoms with van der Waals surface area (Å²) in [4.78, 5) is 25.8. The van der Waals surface area contributed by atoms with Crippen molar-refractivity contribution in [2.24, 2.45) is 0 Å². The average molecular weight is 707 g/mol. The minimum atomic E-state index is -1.11. The fourth-order valence-corrected chi connectivity index (χ4v) is 4.80. The molecule has 1 unspecified atom stereocenters. The highest BCUT2D eigenvalue weighted by atomic mass is 16.6. The number of benzene rings is 4. The van der Waals surface area contributed by atoms with Gasteiger partial charge in [0.15, 0.2) is 0 Å². The van der Waals surface area contributed by atoms with Gasteiger partial charge < -0.3 is 29.5 Å². The molecule has 1 atom stereocenters. The Morgan fingerprint density at radius 2 is 1.38 bits per heavy atom. The van der Waals surface area contributed by atoms with Crippen molar-refractivity contribution in [1.82, 2.24) is 30.0 Å². The molecule has 0 spiro atoms. The van der Waals surface area contributed by atoms with Gasteiger partial charge in [-0.3, -0.25) is 4.79 Å². The van der Waals surface area contributed by atoms with Gasteiger partial charge in [0, 0.05) is 23.6 Å². The van der Waals surface area contributed by atoms with Crippen LogP contribution >= 0.6 is 0 Å². The number of carbonyl (C=O) groups excluding carboxylic acids is 2. The molecule has 0 radical (unpaired) electrons. The number of carbonyl (C=O) groups is 2. The van der Waals surface area contributed by atoms with Crippen molar-refractivity contribution in [3.05, 3.63) is 109 Å². The molecule has 0 saturated heterocycles. The van der Waals surface area contributed by atoms with E-state index < -0.39 is 18.0 Å². The number of fused-ring (bicyclic) bond motifs is 2. The summed E-state index contributed by atoms with van der Waals surface area (Å²) in [5.41, 5.74) is 5.90. The van der Waals surface area contributed by atoms with E-state index in [9.17, 15) is 24.9 Å². The molecule has 14 nitrogen and oxygen atoms in total. The number of esters is 2. The van der Waals surface area contributed by atoms with E-state index in [2.05, 4.69) is 33.6 Å². The molecular formula is C38H38N6O8. The first-order valence-corrected chi connectivity index (χ1v) is 16.3. The number of aromatic hydroxyl groups is 2. The van der Waals surface area contributed by atoms with Crippen LogP contribution in [-0.2, 0) is 19.1 Å². The Morgan fingerprint density at radius 1 is 0.827 bits per heavy atom. The lowest BCUT2D eigenvalue weighted by atomic mass is 10.1. The predicted octanol–water partition coefficient (Wildman–Crippen LogP) is 5.39. The van der Waals surface area contributed by atoms with Crippen LogP contribution in [0.4, 0.5) is 0 Å². The molecule has 0 aliphatic heterocycles. The second kappa shape index (κ2) is 16.9. The van der Waals surface area contributed by atoms with Crippen molar-refractivity contribution in [2.45, 2.75) is 32.8 Å². The summed E-state index contributed by atoms with van der Waals surface area (Å²) in [7, 11) is 0. The first-order chi connectivity index (χ1) is 25.0. The number of hydrogen-bond acceptors (Lipinski definition) is 12. The van der Waals surface area contributed by atoms with Crippen LogP contribution in [-0.4, -0.2) is 83.2 Å². The maximum absolute atomic E-state index is 11.8. The first-order valence-electron chi connectivity index (χ1n) is 16.3. The third kappa shape index (κ3) is 9.37. The molecule has 268 valence electrons. The van der Waals surface area contributed by atoms with Crippen LogP contribution in [0, 0.1) is 6.92 Å². The minimum Gasteiger partial charge on any atom is -0.505 e. The fourth-order valence-electron chi connectivity index (χ4n) is 4.80. The fraction of sp³-hybridized carbons (Fsp3) is 0.211. The number of aryl methyl sites for hydroxylation is 1. The molecule has 2 aromatic heterocycles. The quantitative estimate of drug-likeness (QED) is 0.0792. The van der Waals surface area contributed by atoms with Crippen LogP contribution in [0.15, 0.2) is 97.6 Å². The smallest absolute Gasteiger partial charge is 0.333 e. The number of ether oxygens (including phenoxy) is 3. The molecule has 0 aliphatic carbocycles. The standard InChI is InChI=1S/C23H25N3O7.C15H13N3O/c1-15(2)23(30)33-14-16(27)13-32-22(29)8-5-11-31-17-9-10-20(21(28)12-17)26-24-18-6-3-4-7-19(18)25-26;1-3-11-8-10(2)9-14(15(11)19)18-16-12-6-4-5-7-13(12)17-18/h3-4,6-7,9-10,12,16,27-28H,1,5,8,11,13-14H2,2H3;3-9,19H,1H2,2H3. The van der Waals surface area contributed by atoms with E-state index in [0.29, 0.717) is 40.1 Å². The molecule has 6 rings (SSSR count). The van der Waals surface area contributed by atoms with E-state index in [4.69, 9.17) is 14.2 Å². The summed E-state index contributed by atoms with van der Waals surface area (Å²) in [6.45, 7) is 10.2. The van der Waals surface area contributed by atoms with Gasteiger partial charge in [-0.2, -0.15) is 0 Å². The highest BCUT2D eigenvalue weighted by Crippen LogP contribution is 2.29. The minimum absolute atomic E-state index is 0.0476. The number of nitrogens with zero attached hydrogens (tertiary/aromatic N) is 6. The number of aromatic nitrogens is 6. The molecule has 52 heavy (non-hydrogen) atoms. The van der Waals surface area contributed by atoms with Crippen LogP contribution < -0.4 is 4.74 Å². The SMILES string of the molecule is C=C(C)C(=O)OCC(O)COC(=O)CCCOc1ccc(-n2nc3ccccc3n2)c(O)c1.C=Cc1cc(C)cc(-n2nc3ccccc3n2)c1O. The van der Waals surface area contributed by atoms with E-state index >= 15 is 0 Å². The highest BCUT2D eigenvalue weighted by Gasteiger charge is 2.14. The van der Waals surface area contributed by atoms with Gasteiger partial charge in [-0.25, -0.2) is 4.79 Å². The Hall–Kier alpha value is -6.54. The van der Waals surface area contributed by atoms with Crippen molar-refractivity contribution in [3.8, 4) is 28.6 Å². The van der Waals surface area contributed by atoms with Crippen LogP contribution in [0.25, 0.3) is 39.5 Å². The van der Waals surface area contributed by atoms with Gasteiger partial charge in [0.1, 0.15) is 70.0 Å². The number of aliphatic hydroxyl groups is 1. The van der Waals surface area contributed by atoms with Gasteiger partial charge in [-0.05, 0) is 74.4 Å². The largest absolute Gasteiger partial charge is 0.505 e. The van der Waals surface area contributed by atoms with Gasteiger partial charge in [0.25, 0.3) is 0 Å². The van der Waals surface area contributed by atoms with Gasteiger partial charge in [0.05, 0.1) is 6.61 Å². The second-order valence-corrected chi connectivity index (χ2v) is 11.7. The summed E-state index contributed by atoms with van der Waals surface area (Å²) >= 11 is 0. The van der Waals surface area contributed by atoms with Gasteiger partial charge in [-0.15, -0.1) is 30.0 Å². The molecule has 4 aromatic carbocycles. The Morgan fingerprint density at radius 3 is 1.92 bits per heavy atom. The maximum atomic E-state index is 11.8.